The van der Waals surface area contributed by atoms with Crippen molar-refractivity contribution in [3.05, 3.63) is 35.5 Å². The molecule has 0 bridgehead atoms. The van der Waals surface area contributed by atoms with Crippen molar-refractivity contribution in [3.63, 3.8) is 0 Å². The van der Waals surface area contributed by atoms with E-state index >= 15 is 0 Å². The summed E-state index contributed by atoms with van der Waals surface area (Å²) >= 11 is 0. The lowest BCUT2D eigenvalue weighted by molar-refractivity contribution is 0.0829. The van der Waals surface area contributed by atoms with Crippen molar-refractivity contribution < 1.29 is 9.47 Å². The monoisotopic (exact) mass is 210 g/mol. The number of allylic oxidation sites excluding steroid dienone is 3. The Morgan fingerprint density at radius 2 is 1.80 bits per heavy atom. The number of hydrogen-bond acceptors (Lipinski definition) is 2. The van der Waals surface area contributed by atoms with Gasteiger partial charge in [0.2, 0.25) is 0 Å². The van der Waals surface area contributed by atoms with Gasteiger partial charge in [-0.05, 0) is 31.9 Å². The van der Waals surface area contributed by atoms with Crippen LogP contribution in [-0.4, -0.2) is 26.9 Å². The van der Waals surface area contributed by atoms with E-state index in [0.717, 1.165) is 11.1 Å². The molecular formula is C13H22O2. The third-order valence-electron chi connectivity index (χ3n) is 1.93. The van der Waals surface area contributed by atoms with E-state index in [4.69, 9.17) is 9.47 Å². The predicted molar refractivity (Wildman–Crippen MR) is 65.0 cm³/mol. The zero-order chi connectivity index (χ0) is 11.7. The highest BCUT2D eigenvalue weighted by atomic mass is 16.5. The van der Waals surface area contributed by atoms with E-state index in [-0.39, 0.29) is 0 Å². The van der Waals surface area contributed by atoms with E-state index < -0.39 is 0 Å². The smallest absolute Gasteiger partial charge is 0.0714 e. The molecule has 0 aromatic rings. The fourth-order valence-corrected chi connectivity index (χ4v) is 0.861. The van der Waals surface area contributed by atoms with Gasteiger partial charge < -0.3 is 9.47 Å². The molecule has 0 aliphatic carbocycles. The SMILES string of the molecule is C=C(COCCOC)/C(C)=C\C=C(C)C. The Labute approximate surface area is 93.3 Å². The molecule has 0 spiro atoms. The van der Waals surface area contributed by atoms with Crippen molar-refractivity contribution in [1.29, 1.82) is 0 Å². The first-order chi connectivity index (χ1) is 7.07. The molecule has 0 saturated carbocycles. The Balaban J connectivity index is 3.89. The van der Waals surface area contributed by atoms with Gasteiger partial charge >= 0.3 is 0 Å². The molecule has 0 atom stereocenters. The van der Waals surface area contributed by atoms with Crippen LogP contribution in [0.5, 0.6) is 0 Å². The summed E-state index contributed by atoms with van der Waals surface area (Å²) in [4.78, 5) is 0. The molecular weight excluding hydrogens is 188 g/mol. The van der Waals surface area contributed by atoms with Crippen molar-refractivity contribution in [1.82, 2.24) is 0 Å². The Hall–Kier alpha value is -0.860. The average Bonchev–Trinajstić information content (AvgIpc) is 2.20. The Kier molecular flexibility index (Phi) is 7.96. The van der Waals surface area contributed by atoms with E-state index in [2.05, 4.69) is 32.6 Å². The summed E-state index contributed by atoms with van der Waals surface area (Å²) in [6.07, 6.45) is 4.15. The van der Waals surface area contributed by atoms with Gasteiger partial charge in [0.05, 0.1) is 19.8 Å². The molecule has 0 aromatic heterocycles. The van der Waals surface area contributed by atoms with Gasteiger partial charge in [-0.15, -0.1) is 0 Å². The summed E-state index contributed by atoms with van der Waals surface area (Å²) < 4.78 is 10.3. The molecule has 0 rings (SSSR count). The largest absolute Gasteiger partial charge is 0.382 e. The van der Waals surface area contributed by atoms with E-state index in [0.29, 0.717) is 19.8 Å². The van der Waals surface area contributed by atoms with Crippen molar-refractivity contribution in [3.8, 4) is 0 Å². The summed E-state index contributed by atoms with van der Waals surface area (Å²) in [6, 6.07) is 0. The van der Waals surface area contributed by atoms with E-state index in [1.165, 1.54) is 5.57 Å². The maximum Gasteiger partial charge on any atom is 0.0714 e. The molecule has 0 heterocycles. The molecule has 0 N–H and O–H groups in total. The average molecular weight is 210 g/mol. The van der Waals surface area contributed by atoms with Crippen molar-refractivity contribution in [2.45, 2.75) is 20.8 Å². The van der Waals surface area contributed by atoms with Gasteiger partial charge in [-0.2, -0.15) is 0 Å². The van der Waals surface area contributed by atoms with E-state index in [1.807, 2.05) is 6.92 Å². The molecule has 0 unspecified atom stereocenters. The quantitative estimate of drug-likeness (QED) is 0.475. The van der Waals surface area contributed by atoms with Crippen molar-refractivity contribution >= 4 is 0 Å². The minimum atomic E-state index is 0.572. The molecule has 0 aliphatic heterocycles. The molecule has 2 heteroatoms. The molecule has 2 nitrogen and oxygen atoms in total. The number of rotatable bonds is 7. The molecule has 0 amide bonds. The van der Waals surface area contributed by atoms with Crippen LogP contribution < -0.4 is 0 Å². The highest BCUT2D eigenvalue weighted by Crippen LogP contribution is 2.08. The molecule has 0 fully saturated rings. The number of ether oxygens (including phenoxy) is 2. The standard InChI is InChI=1S/C13H22O2/c1-11(2)6-7-12(3)13(4)10-15-9-8-14-5/h6-7H,4,8-10H2,1-3,5H3/b12-7-. The zero-order valence-corrected chi connectivity index (χ0v) is 10.3. The summed E-state index contributed by atoms with van der Waals surface area (Å²) in [5.41, 5.74) is 3.46. The van der Waals surface area contributed by atoms with Crippen LogP contribution in [0.25, 0.3) is 0 Å². The Morgan fingerprint density at radius 1 is 1.13 bits per heavy atom. The van der Waals surface area contributed by atoms with Crippen LogP contribution in [0.1, 0.15) is 20.8 Å². The van der Waals surface area contributed by atoms with Gasteiger partial charge in [0.1, 0.15) is 0 Å². The second-order valence-electron chi connectivity index (χ2n) is 3.74. The van der Waals surface area contributed by atoms with Gasteiger partial charge in [-0.25, -0.2) is 0 Å². The summed E-state index contributed by atoms with van der Waals surface area (Å²) in [6.45, 7) is 12.0. The fraction of sp³-hybridized carbons (Fsp3) is 0.538. The van der Waals surface area contributed by atoms with Gasteiger partial charge in [-0.1, -0.05) is 24.3 Å². The molecule has 0 saturated heterocycles. The normalized spacial score (nSPS) is 11.3. The summed E-state index contributed by atoms with van der Waals surface area (Å²) in [5, 5.41) is 0. The number of methoxy groups -OCH3 is 1. The Bertz CT molecular complexity index is 245. The minimum absolute atomic E-state index is 0.572. The summed E-state index contributed by atoms with van der Waals surface area (Å²) in [5.74, 6) is 0. The van der Waals surface area contributed by atoms with Crippen LogP contribution in [-0.2, 0) is 9.47 Å². The van der Waals surface area contributed by atoms with E-state index in [9.17, 15) is 0 Å². The third kappa shape index (κ3) is 8.16. The van der Waals surface area contributed by atoms with Crippen LogP contribution in [0, 0.1) is 0 Å². The topological polar surface area (TPSA) is 18.5 Å². The maximum absolute atomic E-state index is 5.38. The first-order valence-corrected chi connectivity index (χ1v) is 5.14. The fourth-order valence-electron chi connectivity index (χ4n) is 0.861. The van der Waals surface area contributed by atoms with Crippen molar-refractivity contribution in [2.24, 2.45) is 0 Å². The summed E-state index contributed by atoms with van der Waals surface area (Å²) in [7, 11) is 1.66. The van der Waals surface area contributed by atoms with Crippen LogP contribution in [0.2, 0.25) is 0 Å². The predicted octanol–water partition coefficient (Wildman–Crippen LogP) is 3.12. The highest BCUT2D eigenvalue weighted by Gasteiger charge is 1.96. The molecule has 86 valence electrons. The minimum Gasteiger partial charge on any atom is -0.382 e. The lowest BCUT2D eigenvalue weighted by atomic mass is 10.1. The van der Waals surface area contributed by atoms with Crippen LogP contribution in [0.4, 0.5) is 0 Å². The van der Waals surface area contributed by atoms with Gasteiger partial charge in [0, 0.05) is 7.11 Å². The first kappa shape index (κ1) is 14.1. The highest BCUT2D eigenvalue weighted by molar-refractivity contribution is 5.30. The van der Waals surface area contributed by atoms with Gasteiger partial charge in [0.25, 0.3) is 0 Å². The lowest BCUT2D eigenvalue weighted by Crippen LogP contribution is -2.04. The maximum atomic E-state index is 5.38. The second kappa shape index (κ2) is 8.45. The second-order valence-corrected chi connectivity index (χ2v) is 3.74. The molecule has 15 heavy (non-hydrogen) atoms. The third-order valence-corrected chi connectivity index (χ3v) is 1.93. The molecule has 0 radical (unpaired) electrons. The molecule has 0 aliphatic rings. The van der Waals surface area contributed by atoms with Gasteiger partial charge in [-0.3, -0.25) is 0 Å². The van der Waals surface area contributed by atoms with Gasteiger partial charge in [0.15, 0.2) is 0 Å². The molecule has 0 aromatic carbocycles. The Morgan fingerprint density at radius 3 is 2.33 bits per heavy atom. The van der Waals surface area contributed by atoms with Crippen LogP contribution in [0.3, 0.4) is 0 Å². The zero-order valence-electron chi connectivity index (χ0n) is 10.3. The van der Waals surface area contributed by atoms with Crippen molar-refractivity contribution in [2.75, 3.05) is 26.9 Å². The number of hydrogen-bond donors (Lipinski definition) is 0. The van der Waals surface area contributed by atoms with E-state index in [1.54, 1.807) is 7.11 Å². The first-order valence-electron chi connectivity index (χ1n) is 5.14. The van der Waals surface area contributed by atoms with Crippen LogP contribution >= 0.6 is 0 Å². The van der Waals surface area contributed by atoms with Crippen LogP contribution in [0.15, 0.2) is 35.5 Å². The lowest BCUT2D eigenvalue weighted by Gasteiger charge is -2.06.